The predicted octanol–water partition coefficient (Wildman–Crippen LogP) is 6.21. The number of ether oxygens (including phenoxy) is 3. The molecule has 0 spiro atoms. The molecule has 2 aliphatic rings. The summed E-state index contributed by atoms with van der Waals surface area (Å²) in [6.45, 7) is 17.0. The number of morpholine rings is 1. The molecule has 2 rings (SSSR count). The van der Waals surface area contributed by atoms with Crippen LogP contribution in [0.1, 0.15) is 40.5 Å². The van der Waals surface area contributed by atoms with Gasteiger partial charge in [-0.1, -0.05) is 38.7 Å². The van der Waals surface area contributed by atoms with Crippen LogP contribution in [-0.2, 0) is 14.2 Å². The molecule has 1 atom stereocenters. The molecule has 7 heteroatoms. The summed E-state index contributed by atoms with van der Waals surface area (Å²) in [6, 6.07) is 0. The van der Waals surface area contributed by atoms with Gasteiger partial charge in [0.1, 0.15) is 11.3 Å². The molecule has 0 amide bonds. The number of hydrogen-bond acceptors (Lipinski definition) is 6. The van der Waals surface area contributed by atoms with E-state index in [1.807, 2.05) is 25.2 Å². The van der Waals surface area contributed by atoms with Gasteiger partial charge < -0.3 is 19.1 Å². The summed E-state index contributed by atoms with van der Waals surface area (Å²) in [5.74, 6) is 2.59. The van der Waals surface area contributed by atoms with Crippen LogP contribution in [0, 0.1) is 5.92 Å². The van der Waals surface area contributed by atoms with Gasteiger partial charge in [-0.3, -0.25) is 4.99 Å². The van der Waals surface area contributed by atoms with Gasteiger partial charge in [0.05, 0.1) is 13.2 Å². The third kappa shape index (κ3) is 16.4. The van der Waals surface area contributed by atoms with E-state index in [9.17, 15) is 0 Å². The molecule has 1 fully saturated rings. The summed E-state index contributed by atoms with van der Waals surface area (Å²) in [4.78, 5) is 10.9. The average molecular weight is 516 g/mol. The second kappa shape index (κ2) is 20.8. The normalized spacial score (nSPS) is 17.1. The first-order valence-electron chi connectivity index (χ1n) is 12.7. The molecule has 1 aliphatic heterocycles. The number of allylic oxidation sites excluding steroid dienone is 4. The lowest BCUT2D eigenvalue weighted by Gasteiger charge is -2.28. The minimum atomic E-state index is 0.0496. The lowest BCUT2D eigenvalue weighted by atomic mass is 10.1. The van der Waals surface area contributed by atoms with Crippen molar-refractivity contribution in [3.05, 3.63) is 66.1 Å². The molecule has 0 aromatic heterocycles. The SMILES string of the molecule is C=CN=C(/C=C\CCN=COC(C)SCC1=CC=C(C)C=C=C1)N1CCOCC1.COCCC(C)C. The second-order valence-corrected chi connectivity index (χ2v) is 10.1. The zero-order valence-electron chi connectivity index (χ0n) is 22.8. The summed E-state index contributed by atoms with van der Waals surface area (Å²) in [6.07, 6.45) is 17.5. The number of amidine groups is 1. The number of thioether (sulfide) groups is 1. The Balaban J connectivity index is 0.000000809. The Hall–Kier alpha value is -2.31. The predicted molar refractivity (Wildman–Crippen MR) is 156 cm³/mol. The zero-order chi connectivity index (χ0) is 26.4. The van der Waals surface area contributed by atoms with E-state index in [-0.39, 0.29) is 5.44 Å². The standard InChI is InChI=1S/C23H31N3O2S.C6H14O/c1-4-25-23(26-14-16-27-17-15-26)10-5-6-13-24-19-28-21(3)29-18-22-9-7-8-20(2)11-12-22;1-6(2)4-5-7-3/h4-5,8-12,19,21H,1,6,13-18H2,2-3H3;6H,4-5H2,1-3H3/b10-5-,24-19?,25-23?;. The van der Waals surface area contributed by atoms with E-state index in [1.54, 1.807) is 31.5 Å². The fraction of sp³-hybridized carbons (Fsp3) is 0.552. The topological polar surface area (TPSA) is 55.7 Å². The van der Waals surface area contributed by atoms with E-state index in [1.165, 1.54) is 17.6 Å². The Morgan fingerprint density at radius 2 is 2.03 bits per heavy atom. The van der Waals surface area contributed by atoms with Gasteiger partial charge in [0, 0.05) is 45.3 Å². The highest BCUT2D eigenvalue weighted by Crippen LogP contribution is 2.17. The molecule has 0 saturated carbocycles. The smallest absolute Gasteiger partial charge is 0.171 e. The molecular weight excluding hydrogens is 470 g/mol. The number of rotatable bonds is 13. The van der Waals surface area contributed by atoms with Crippen LogP contribution in [0.4, 0.5) is 0 Å². The third-order valence-electron chi connectivity index (χ3n) is 5.10. The van der Waals surface area contributed by atoms with E-state index in [0.717, 1.165) is 56.8 Å². The van der Waals surface area contributed by atoms with Crippen LogP contribution in [-0.4, -0.2) is 74.9 Å². The Kier molecular flexibility index (Phi) is 18.4. The molecule has 200 valence electrons. The van der Waals surface area contributed by atoms with Gasteiger partial charge in [0.2, 0.25) is 0 Å². The van der Waals surface area contributed by atoms with E-state index in [2.05, 4.69) is 66.2 Å². The first-order chi connectivity index (χ1) is 17.5. The number of nitrogens with zero attached hydrogens (tertiary/aromatic N) is 3. The van der Waals surface area contributed by atoms with Gasteiger partial charge in [-0.15, -0.1) is 17.5 Å². The molecule has 0 aromatic rings. The quantitative estimate of drug-likeness (QED) is 0.0960. The van der Waals surface area contributed by atoms with Crippen molar-refractivity contribution in [3.8, 4) is 0 Å². The van der Waals surface area contributed by atoms with Crippen LogP contribution in [0.2, 0.25) is 0 Å². The molecule has 1 heterocycles. The highest BCUT2D eigenvalue weighted by Gasteiger charge is 2.12. The number of methoxy groups -OCH3 is 1. The van der Waals surface area contributed by atoms with Crippen molar-refractivity contribution in [2.75, 3.05) is 52.3 Å². The van der Waals surface area contributed by atoms with Crippen molar-refractivity contribution in [3.63, 3.8) is 0 Å². The minimum Gasteiger partial charge on any atom is -0.470 e. The highest BCUT2D eigenvalue weighted by molar-refractivity contribution is 7.99. The molecule has 6 nitrogen and oxygen atoms in total. The number of aliphatic imine (C=N–C) groups is 2. The zero-order valence-corrected chi connectivity index (χ0v) is 23.6. The molecule has 0 bridgehead atoms. The van der Waals surface area contributed by atoms with Crippen LogP contribution in [0.15, 0.2) is 76.1 Å². The van der Waals surface area contributed by atoms with E-state index >= 15 is 0 Å². The fourth-order valence-electron chi connectivity index (χ4n) is 2.95. The first kappa shape index (κ1) is 31.7. The molecule has 36 heavy (non-hydrogen) atoms. The van der Waals surface area contributed by atoms with Crippen LogP contribution >= 0.6 is 11.8 Å². The fourth-order valence-corrected chi connectivity index (χ4v) is 3.68. The Morgan fingerprint density at radius 3 is 2.69 bits per heavy atom. The largest absolute Gasteiger partial charge is 0.470 e. The summed E-state index contributed by atoms with van der Waals surface area (Å²) in [5.41, 5.74) is 5.67. The minimum absolute atomic E-state index is 0.0496. The van der Waals surface area contributed by atoms with Gasteiger partial charge in [-0.05, 0) is 62.0 Å². The summed E-state index contributed by atoms with van der Waals surface area (Å²) in [5, 5.41) is 0. The average Bonchev–Trinajstić information content (AvgIpc) is 3.09. The van der Waals surface area contributed by atoms with Crippen molar-refractivity contribution in [2.45, 2.75) is 46.0 Å². The molecule has 1 aliphatic carbocycles. The Bertz CT molecular complexity index is 831. The first-order valence-corrected chi connectivity index (χ1v) is 13.7. The van der Waals surface area contributed by atoms with Crippen LogP contribution in [0.3, 0.4) is 0 Å². The summed E-state index contributed by atoms with van der Waals surface area (Å²) in [7, 11) is 1.74. The maximum Gasteiger partial charge on any atom is 0.171 e. The van der Waals surface area contributed by atoms with Gasteiger partial charge >= 0.3 is 0 Å². The summed E-state index contributed by atoms with van der Waals surface area (Å²) >= 11 is 1.74. The van der Waals surface area contributed by atoms with Gasteiger partial charge in [-0.25, -0.2) is 4.99 Å². The van der Waals surface area contributed by atoms with Crippen molar-refractivity contribution in [1.29, 1.82) is 0 Å². The van der Waals surface area contributed by atoms with Crippen molar-refractivity contribution >= 4 is 24.0 Å². The second-order valence-electron chi connectivity index (χ2n) is 8.77. The van der Waals surface area contributed by atoms with Crippen LogP contribution in [0.25, 0.3) is 0 Å². The van der Waals surface area contributed by atoms with Crippen LogP contribution in [0.5, 0.6) is 0 Å². The highest BCUT2D eigenvalue weighted by atomic mass is 32.2. The molecule has 1 saturated heterocycles. The monoisotopic (exact) mass is 515 g/mol. The maximum atomic E-state index is 5.65. The van der Waals surface area contributed by atoms with Crippen molar-refractivity contribution in [2.24, 2.45) is 15.9 Å². The van der Waals surface area contributed by atoms with Crippen LogP contribution < -0.4 is 0 Å². The van der Waals surface area contributed by atoms with Gasteiger partial charge in [-0.2, -0.15) is 0 Å². The van der Waals surface area contributed by atoms with Gasteiger partial charge in [0.25, 0.3) is 0 Å². The molecule has 1 unspecified atom stereocenters. The molecule has 0 radical (unpaired) electrons. The lowest BCUT2D eigenvalue weighted by Crippen LogP contribution is -2.39. The van der Waals surface area contributed by atoms with E-state index in [4.69, 9.17) is 14.2 Å². The Morgan fingerprint density at radius 1 is 1.25 bits per heavy atom. The summed E-state index contributed by atoms with van der Waals surface area (Å²) < 4.78 is 15.9. The van der Waals surface area contributed by atoms with Crippen molar-refractivity contribution in [1.82, 2.24) is 4.90 Å². The Labute approximate surface area is 223 Å². The maximum absolute atomic E-state index is 5.65. The molecule has 0 N–H and O–H groups in total. The lowest BCUT2D eigenvalue weighted by molar-refractivity contribution is 0.0684. The third-order valence-corrected chi connectivity index (χ3v) is 6.18. The molecular formula is C29H45N3O3S. The molecule has 0 aromatic carbocycles. The number of hydrogen-bond donors (Lipinski definition) is 0. The van der Waals surface area contributed by atoms with Crippen molar-refractivity contribution < 1.29 is 14.2 Å². The van der Waals surface area contributed by atoms with Gasteiger partial charge in [0.15, 0.2) is 6.40 Å². The van der Waals surface area contributed by atoms with E-state index in [0.29, 0.717) is 6.54 Å². The van der Waals surface area contributed by atoms with E-state index < -0.39 is 0 Å².